The molecule has 2 aromatic heterocycles. The summed E-state index contributed by atoms with van der Waals surface area (Å²) >= 11 is 0. The van der Waals surface area contributed by atoms with E-state index in [0.29, 0.717) is 29.6 Å². The maximum atomic E-state index is 5.18. The predicted molar refractivity (Wildman–Crippen MR) is 70.9 cm³/mol. The SMILES string of the molecule is Cc1cc(-c2nc(N3CC(C)NC(C)C3)n[nH]2)on1. The van der Waals surface area contributed by atoms with Gasteiger partial charge >= 0.3 is 0 Å². The van der Waals surface area contributed by atoms with E-state index in [4.69, 9.17) is 4.52 Å². The first-order valence-electron chi connectivity index (χ1n) is 6.49. The molecule has 0 aromatic carbocycles. The quantitative estimate of drug-likeness (QED) is 0.838. The molecule has 7 nitrogen and oxygen atoms in total. The maximum absolute atomic E-state index is 5.18. The van der Waals surface area contributed by atoms with E-state index in [2.05, 4.69) is 44.4 Å². The first-order chi connectivity index (χ1) is 9.11. The van der Waals surface area contributed by atoms with E-state index in [-0.39, 0.29) is 0 Å². The summed E-state index contributed by atoms with van der Waals surface area (Å²) in [7, 11) is 0. The molecule has 2 aromatic rings. The fourth-order valence-corrected chi connectivity index (χ4v) is 2.47. The number of hydrogen-bond donors (Lipinski definition) is 2. The lowest BCUT2D eigenvalue weighted by Crippen LogP contribution is -2.54. The molecule has 0 aliphatic carbocycles. The van der Waals surface area contributed by atoms with Gasteiger partial charge in [-0.25, -0.2) is 0 Å². The largest absolute Gasteiger partial charge is 0.353 e. The van der Waals surface area contributed by atoms with Crippen molar-refractivity contribution in [2.75, 3.05) is 18.0 Å². The standard InChI is InChI=1S/C12H18N6O/c1-7-4-10(19-17-7)11-14-12(16-15-11)18-5-8(2)13-9(3)6-18/h4,8-9,13H,5-6H2,1-3H3,(H,14,15,16). The molecule has 1 saturated heterocycles. The second-order valence-corrected chi connectivity index (χ2v) is 5.19. The monoisotopic (exact) mass is 262 g/mol. The van der Waals surface area contributed by atoms with Crippen molar-refractivity contribution < 1.29 is 4.52 Å². The zero-order valence-electron chi connectivity index (χ0n) is 11.3. The van der Waals surface area contributed by atoms with Gasteiger partial charge in [0.15, 0.2) is 5.82 Å². The maximum Gasteiger partial charge on any atom is 0.245 e. The Hall–Kier alpha value is -1.89. The summed E-state index contributed by atoms with van der Waals surface area (Å²) in [5, 5.41) is 14.5. The van der Waals surface area contributed by atoms with Crippen LogP contribution in [0.25, 0.3) is 11.6 Å². The number of aryl methyl sites for hydroxylation is 1. The number of anilines is 1. The van der Waals surface area contributed by atoms with Gasteiger partial charge in [-0.1, -0.05) is 5.16 Å². The molecule has 7 heteroatoms. The average Bonchev–Trinajstić information content (AvgIpc) is 2.95. The molecule has 2 unspecified atom stereocenters. The minimum absolute atomic E-state index is 0.429. The third-order valence-corrected chi connectivity index (χ3v) is 3.18. The topological polar surface area (TPSA) is 82.9 Å². The van der Waals surface area contributed by atoms with Gasteiger partial charge < -0.3 is 14.7 Å². The lowest BCUT2D eigenvalue weighted by atomic mass is 10.1. The van der Waals surface area contributed by atoms with Gasteiger partial charge in [0.05, 0.1) is 5.69 Å². The van der Waals surface area contributed by atoms with Crippen molar-refractivity contribution in [1.82, 2.24) is 25.7 Å². The first kappa shape index (κ1) is 12.2. The van der Waals surface area contributed by atoms with Crippen LogP contribution in [-0.4, -0.2) is 45.5 Å². The van der Waals surface area contributed by atoms with Gasteiger partial charge in [0.1, 0.15) is 0 Å². The summed E-state index contributed by atoms with van der Waals surface area (Å²) < 4.78 is 5.18. The van der Waals surface area contributed by atoms with E-state index in [0.717, 1.165) is 18.8 Å². The summed E-state index contributed by atoms with van der Waals surface area (Å²) in [5.41, 5.74) is 0.831. The molecule has 3 rings (SSSR count). The lowest BCUT2D eigenvalue weighted by Gasteiger charge is -2.35. The highest BCUT2D eigenvalue weighted by Gasteiger charge is 2.24. The Labute approximate surface area is 111 Å². The summed E-state index contributed by atoms with van der Waals surface area (Å²) in [6.45, 7) is 8.00. The molecule has 0 radical (unpaired) electrons. The Kier molecular flexibility index (Phi) is 2.98. The third-order valence-electron chi connectivity index (χ3n) is 3.18. The number of H-pyrrole nitrogens is 1. The Balaban J connectivity index is 1.81. The lowest BCUT2D eigenvalue weighted by molar-refractivity contribution is 0.403. The zero-order chi connectivity index (χ0) is 13.4. The number of nitrogens with one attached hydrogen (secondary N) is 2. The van der Waals surface area contributed by atoms with E-state index in [1.807, 2.05) is 13.0 Å². The van der Waals surface area contributed by atoms with Gasteiger partial charge in [-0.15, -0.1) is 5.10 Å². The van der Waals surface area contributed by atoms with E-state index in [1.54, 1.807) is 0 Å². The molecule has 1 aliphatic heterocycles. The van der Waals surface area contributed by atoms with Crippen LogP contribution in [0.15, 0.2) is 10.6 Å². The molecule has 3 heterocycles. The molecule has 0 amide bonds. The summed E-state index contributed by atoms with van der Waals surface area (Å²) in [4.78, 5) is 6.66. The molecule has 0 spiro atoms. The summed E-state index contributed by atoms with van der Waals surface area (Å²) in [6, 6.07) is 2.70. The highest BCUT2D eigenvalue weighted by atomic mass is 16.5. The van der Waals surface area contributed by atoms with Crippen molar-refractivity contribution in [1.29, 1.82) is 0 Å². The molecule has 0 bridgehead atoms. The molecular weight excluding hydrogens is 244 g/mol. The van der Waals surface area contributed by atoms with Crippen LogP contribution in [0.2, 0.25) is 0 Å². The fourth-order valence-electron chi connectivity index (χ4n) is 2.47. The van der Waals surface area contributed by atoms with Gasteiger partial charge in [0.25, 0.3) is 0 Å². The number of aromatic nitrogens is 4. The normalized spacial score (nSPS) is 23.8. The van der Waals surface area contributed by atoms with Gasteiger partial charge in [-0.3, -0.25) is 5.10 Å². The predicted octanol–water partition coefficient (Wildman–Crippen LogP) is 0.955. The van der Waals surface area contributed by atoms with Crippen molar-refractivity contribution in [3.8, 4) is 11.6 Å². The van der Waals surface area contributed by atoms with Crippen molar-refractivity contribution in [2.45, 2.75) is 32.9 Å². The van der Waals surface area contributed by atoms with E-state index < -0.39 is 0 Å². The van der Waals surface area contributed by atoms with Crippen LogP contribution in [0.4, 0.5) is 5.95 Å². The van der Waals surface area contributed by atoms with Gasteiger partial charge in [-0.05, 0) is 20.8 Å². The van der Waals surface area contributed by atoms with Crippen LogP contribution in [0, 0.1) is 6.92 Å². The fraction of sp³-hybridized carbons (Fsp3) is 0.583. The van der Waals surface area contributed by atoms with E-state index in [9.17, 15) is 0 Å². The van der Waals surface area contributed by atoms with Gasteiger partial charge in [0.2, 0.25) is 11.7 Å². The second-order valence-electron chi connectivity index (χ2n) is 5.19. The molecule has 1 fully saturated rings. The highest BCUT2D eigenvalue weighted by molar-refractivity contribution is 5.49. The molecule has 2 N–H and O–H groups in total. The van der Waals surface area contributed by atoms with Crippen LogP contribution in [0.3, 0.4) is 0 Å². The van der Waals surface area contributed by atoms with Crippen molar-refractivity contribution in [3.05, 3.63) is 11.8 Å². The molecule has 1 aliphatic rings. The number of nitrogens with zero attached hydrogens (tertiary/aromatic N) is 4. The van der Waals surface area contributed by atoms with Crippen LogP contribution >= 0.6 is 0 Å². The Morgan fingerprint density at radius 1 is 1.32 bits per heavy atom. The minimum atomic E-state index is 0.429. The smallest absolute Gasteiger partial charge is 0.245 e. The Morgan fingerprint density at radius 2 is 2.05 bits per heavy atom. The summed E-state index contributed by atoms with van der Waals surface area (Å²) in [6.07, 6.45) is 0. The average molecular weight is 262 g/mol. The minimum Gasteiger partial charge on any atom is -0.353 e. The highest BCUT2D eigenvalue weighted by Crippen LogP contribution is 2.19. The number of aromatic amines is 1. The van der Waals surface area contributed by atoms with Crippen molar-refractivity contribution in [3.63, 3.8) is 0 Å². The van der Waals surface area contributed by atoms with Crippen LogP contribution in [0.5, 0.6) is 0 Å². The molecule has 0 saturated carbocycles. The van der Waals surface area contributed by atoms with Crippen molar-refractivity contribution >= 4 is 5.95 Å². The second kappa shape index (κ2) is 4.65. The molecule has 102 valence electrons. The van der Waals surface area contributed by atoms with Gasteiger partial charge in [0, 0.05) is 31.2 Å². The first-order valence-corrected chi connectivity index (χ1v) is 6.49. The van der Waals surface area contributed by atoms with E-state index >= 15 is 0 Å². The number of rotatable bonds is 2. The van der Waals surface area contributed by atoms with Crippen molar-refractivity contribution in [2.24, 2.45) is 0 Å². The summed E-state index contributed by atoms with van der Waals surface area (Å²) in [5.74, 6) is 1.95. The Morgan fingerprint density at radius 3 is 2.68 bits per heavy atom. The van der Waals surface area contributed by atoms with Gasteiger partial charge in [-0.2, -0.15) is 4.98 Å². The van der Waals surface area contributed by atoms with Crippen LogP contribution < -0.4 is 10.2 Å². The van der Waals surface area contributed by atoms with Crippen LogP contribution in [0.1, 0.15) is 19.5 Å². The number of piperazine rings is 1. The Bertz CT molecular complexity index is 552. The molecule has 19 heavy (non-hydrogen) atoms. The third kappa shape index (κ3) is 2.46. The number of hydrogen-bond acceptors (Lipinski definition) is 6. The van der Waals surface area contributed by atoms with Crippen LogP contribution in [-0.2, 0) is 0 Å². The van der Waals surface area contributed by atoms with E-state index in [1.165, 1.54) is 0 Å². The zero-order valence-corrected chi connectivity index (χ0v) is 11.3. The molecular formula is C12H18N6O. The molecule has 2 atom stereocenters.